The molecule has 1 amide bonds. The van der Waals surface area contributed by atoms with Crippen molar-refractivity contribution in [2.75, 3.05) is 5.75 Å². The van der Waals surface area contributed by atoms with Gasteiger partial charge in [-0.3, -0.25) is 14.9 Å². The van der Waals surface area contributed by atoms with E-state index in [1.807, 2.05) is 6.07 Å². The molecule has 1 saturated heterocycles. The third-order valence-corrected chi connectivity index (χ3v) is 4.51. The summed E-state index contributed by atoms with van der Waals surface area (Å²) in [6.07, 6.45) is 0.731. The summed E-state index contributed by atoms with van der Waals surface area (Å²) >= 11 is 9.63. The van der Waals surface area contributed by atoms with Crippen molar-refractivity contribution in [2.45, 2.75) is 12.5 Å². The number of carbonyl (C=O) groups excluding carboxylic acids is 2. The van der Waals surface area contributed by atoms with Crippen LogP contribution in [0.15, 0.2) is 28.7 Å². The molecule has 0 unspecified atom stereocenters. The van der Waals surface area contributed by atoms with Gasteiger partial charge in [0.2, 0.25) is 5.12 Å². The zero-order valence-electron chi connectivity index (χ0n) is 9.81. The van der Waals surface area contributed by atoms with E-state index in [0.717, 1.165) is 12.2 Å². The number of hydrogen-bond acceptors (Lipinski definition) is 4. The molecule has 0 aromatic heterocycles. The number of carbonyl (C=O) groups is 2. The average Bonchev–Trinajstić information content (AvgIpc) is 2.75. The van der Waals surface area contributed by atoms with Gasteiger partial charge >= 0.3 is 0 Å². The fourth-order valence-electron chi connectivity index (χ4n) is 1.64. The lowest BCUT2D eigenvalue weighted by Crippen LogP contribution is -2.45. The molecule has 7 heteroatoms. The molecule has 0 saturated carbocycles. The molecule has 0 spiro atoms. The number of amides is 1. The zero-order chi connectivity index (χ0) is 13.8. The molecule has 4 nitrogen and oxygen atoms in total. The van der Waals surface area contributed by atoms with Crippen molar-refractivity contribution in [1.82, 2.24) is 10.6 Å². The molecule has 1 aliphatic rings. The van der Waals surface area contributed by atoms with Crippen LogP contribution in [-0.2, 0) is 4.79 Å². The third kappa shape index (κ3) is 3.77. The van der Waals surface area contributed by atoms with Crippen LogP contribution >= 0.6 is 39.9 Å². The molecule has 2 N–H and O–H groups in total. The van der Waals surface area contributed by atoms with Crippen molar-refractivity contribution in [3.63, 3.8) is 0 Å². The van der Waals surface area contributed by atoms with E-state index in [9.17, 15) is 9.59 Å². The summed E-state index contributed by atoms with van der Waals surface area (Å²) in [5, 5.41) is 5.69. The van der Waals surface area contributed by atoms with Crippen LogP contribution in [0.5, 0.6) is 0 Å². The van der Waals surface area contributed by atoms with Crippen LogP contribution in [0.2, 0.25) is 0 Å². The SMILES string of the molecule is O=C(NC(=S)N[C@@H]1CCSC1=O)c1ccccc1Br. The van der Waals surface area contributed by atoms with Crippen molar-refractivity contribution >= 4 is 56.0 Å². The lowest BCUT2D eigenvalue weighted by molar-refractivity contribution is -0.111. The predicted octanol–water partition coefficient (Wildman–Crippen LogP) is 2.09. The van der Waals surface area contributed by atoms with Gasteiger partial charge in [0.15, 0.2) is 5.11 Å². The van der Waals surface area contributed by atoms with E-state index in [-0.39, 0.29) is 22.2 Å². The van der Waals surface area contributed by atoms with Gasteiger partial charge in [0.1, 0.15) is 0 Å². The number of nitrogens with one attached hydrogen (secondary N) is 2. The maximum absolute atomic E-state index is 12.0. The van der Waals surface area contributed by atoms with Crippen LogP contribution in [0.4, 0.5) is 0 Å². The lowest BCUT2D eigenvalue weighted by Gasteiger charge is -2.13. The Labute approximate surface area is 128 Å². The van der Waals surface area contributed by atoms with Crippen LogP contribution < -0.4 is 10.6 Å². The minimum Gasteiger partial charge on any atom is -0.352 e. The monoisotopic (exact) mass is 358 g/mol. The Bertz CT molecular complexity index is 536. The smallest absolute Gasteiger partial charge is 0.258 e. The van der Waals surface area contributed by atoms with Gasteiger partial charge in [-0.05, 0) is 46.7 Å². The Morgan fingerprint density at radius 2 is 2.16 bits per heavy atom. The van der Waals surface area contributed by atoms with E-state index in [1.165, 1.54) is 11.8 Å². The highest BCUT2D eigenvalue weighted by Crippen LogP contribution is 2.19. The van der Waals surface area contributed by atoms with Gasteiger partial charge in [0, 0.05) is 10.2 Å². The Morgan fingerprint density at radius 1 is 1.42 bits per heavy atom. The van der Waals surface area contributed by atoms with Crippen LogP contribution in [-0.4, -0.2) is 27.9 Å². The minimum atomic E-state index is -0.303. The molecule has 19 heavy (non-hydrogen) atoms. The van der Waals surface area contributed by atoms with E-state index in [1.54, 1.807) is 18.2 Å². The summed E-state index contributed by atoms with van der Waals surface area (Å²) in [4.78, 5) is 23.4. The maximum Gasteiger partial charge on any atom is 0.258 e. The quantitative estimate of drug-likeness (QED) is 0.792. The number of hydrogen-bond donors (Lipinski definition) is 2. The molecule has 100 valence electrons. The van der Waals surface area contributed by atoms with E-state index < -0.39 is 0 Å². The molecule has 1 aromatic carbocycles. The summed E-state index contributed by atoms with van der Waals surface area (Å²) in [5.41, 5.74) is 0.499. The molecule has 1 aromatic rings. The molecule has 0 bridgehead atoms. The van der Waals surface area contributed by atoms with Crippen LogP contribution in [0.1, 0.15) is 16.8 Å². The maximum atomic E-state index is 12.0. The summed E-state index contributed by atoms with van der Waals surface area (Å²) < 4.78 is 0.697. The highest BCUT2D eigenvalue weighted by molar-refractivity contribution is 9.10. The van der Waals surface area contributed by atoms with Crippen molar-refractivity contribution in [2.24, 2.45) is 0 Å². The molecule has 0 aliphatic carbocycles. The fourth-order valence-corrected chi connectivity index (χ4v) is 3.27. The van der Waals surface area contributed by atoms with E-state index in [0.29, 0.717) is 10.0 Å². The van der Waals surface area contributed by atoms with Crippen molar-refractivity contribution in [3.05, 3.63) is 34.3 Å². The molecule has 2 rings (SSSR count). The summed E-state index contributed by atoms with van der Waals surface area (Å²) in [6.45, 7) is 0. The highest BCUT2D eigenvalue weighted by atomic mass is 79.9. The summed E-state index contributed by atoms with van der Waals surface area (Å²) in [6, 6.07) is 6.78. The first-order valence-electron chi connectivity index (χ1n) is 5.61. The Hall–Kier alpha value is -0.920. The number of benzene rings is 1. The number of thioether (sulfide) groups is 1. The predicted molar refractivity (Wildman–Crippen MR) is 83.2 cm³/mol. The van der Waals surface area contributed by atoms with Gasteiger partial charge in [-0.25, -0.2) is 0 Å². The van der Waals surface area contributed by atoms with Crippen molar-refractivity contribution in [3.8, 4) is 0 Å². The number of rotatable bonds is 2. The number of thiocarbonyl (C=S) groups is 1. The van der Waals surface area contributed by atoms with Gasteiger partial charge in [-0.2, -0.15) is 0 Å². The first-order valence-corrected chi connectivity index (χ1v) is 7.79. The highest BCUT2D eigenvalue weighted by Gasteiger charge is 2.26. The molecular weight excluding hydrogens is 348 g/mol. The lowest BCUT2D eigenvalue weighted by atomic mass is 10.2. The molecule has 1 aliphatic heterocycles. The third-order valence-electron chi connectivity index (χ3n) is 2.59. The van der Waals surface area contributed by atoms with Gasteiger partial charge in [-0.1, -0.05) is 23.9 Å². The molecular formula is C12H11BrN2O2S2. The first-order chi connectivity index (χ1) is 9.08. The molecule has 1 atom stereocenters. The van der Waals surface area contributed by atoms with Crippen molar-refractivity contribution < 1.29 is 9.59 Å². The molecule has 1 fully saturated rings. The Kier molecular flexibility index (Phi) is 4.95. The normalized spacial score (nSPS) is 18.2. The number of halogens is 1. The molecule has 0 radical (unpaired) electrons. The van der Waals surface area contributed by atoms with Crippen LogP contribution in [0.3, 0.4) is 0 Å². The van der Waals surface area contributed by atoms with Crippen LogP contribution in [0.25, 0.3) is 0 Å². The fraction of sp³-hybridized carbons (Fsp3) is 0.250. The van der Waals surface area contributed by atoms with Crippen molar-refractivity contribution in [1.29, 1.82) is 0 Å². The van der Waals surface area contributed by atoms with Gasteiger partial charge < -0.3 is 5.32 Å². The summed E-state index contributed by atoms with van der Waals surface area (Å²) in [5.74, 6) is 0.486. The topological polar surface area (TPSA) is 58.2 Å². The van der Waals surface area contributed by atoms with E-state index >= 15 is 0 Å². The average molecular weight is 359 g/mol. The van der Waals surface area contributed by atoms with E-state index in [2.05, 4.69) is 26.6 Å². The minimum absolute atomic E-state index is 0.0671. The summed E-state index contributed by atoms with van der Waals surface area (Å²) in [7, 11) is 0. The molecule has 1 heterocycles. The van der Waals surface area contributed by atoms with Crippen LogP contribution in [0, 0.1) is 0 Å². The van der Waals surface area contributed by atoms with E-state index in [4.69, 9.17) is 12.2 Å². The zero-order valence-corrected chi connectivity index (χ0v) is 13.0. The second-order valence-electron chi connectivity index (χ2n) is 3.92. The standard InChI is InChI=1S/C12H11BrN2O2S2/c13-8-4-2-1-3-7(8)10(16)15-12(18)14-9-5-6-19-11(9)17/h1-4,9H,5-6H2,(H2,14,15,16,18)/t9-/m1/s1. The van der Waals surface area contributed by atoms with Gasteiger partial charge in [0.25, 0.3) is 5.91 Å². The first kappa shape index (κ1) is 14.5. The Morgan fingerprint density at radius 3 is 2.79 bits per heavy atom. The Balaban J connectivity index is 1.94. The van der Waals surface area contributed by atoms with Gasteiger partial charge in [0.05, 0.1) is 11.6 Å². The second-order valence-corrected chi connectivity index (χ2v) is 6.28. The van der Waals surface area contributed by atoms with Gasteiger partial charge in [-0.15, -0.1) is 0 Å². The second kappa shape index (κ2) is 6.49. The largest absolute Gasteiger partial charge is 0.352 e.